The average molecular weight is 221 g/mol. The van der Waals surface area contributed by atoms with Gasteiger partial charge in [-0.25, -0.2) is 4.98 Å². The van der Waals surface area contributed by atoms with E-state index in [2.05, 4.69) is 16.8 Å². The van der Waals surface area contributed by atoms with Gasteiger partial charge in [-0.1, -0.05) is 5.92 Å². The third-order valence-electron chi connectivity index (χ3n) is 1.55. The molecule has 1 heterocycles. The number of primary amides is 1. The number of aromatic nitrogens is 1. The first-order valence-electron chi connectivity index (χ1n) is 4.04. The highest BCUT2D eigenvalue weighted by atomic mass is 16.6. The largest absolute Gasteiger partial charge is 0.476 e. The third kappa shape index (κ3) is 2.68. The van der Waals surface area contributed by atoms with E-state index in [-0.39, 0.29) is 17.1 Å². The summed E-state index contributed by atoms with van der Waals surface area (Å²) < 4.78 is 4.69. The van der Waals surface area contributed by atoms with E-state index in [0.717, 1.165) is 6.07 Å². The van der Waals surface area contributed by atoms with Crippen LogP contribution in [0.3, 0.4) is 0 Å². The van der Waals surface area contributed by atoms with Gasteiger partial charge >= 0.3 is 5.69 Å². The van der Waals surface area contributed by atoms with Crippen LogP contribution in [0.2, 0.25) is 0 Å². The molecule has 82 valence electrons. The Morgan fingerprint density at radius 2 is 2.38 bits per heavy atom. The normalized spacial score (nSPS) is 8.81. The molecule has 1 aromatic heterocycles. The predicted molar refractivity (Wildman–Crippen MR) is 53.5 cm³/mol. The van der Waals surface area contributed by atoms with Gasteiger partial charge in [0.2, 0.25) is 0 Å². The van der Waals surface area contributed by atoms with Crippen LogP contribution in [0.4, 0.5) is 5.69 Å². The van der Waals surface area contributed by atoms with Crippen LogP contribution in [-0.4, -0.2) is 22.9 Å². The van der Waals surface area contributed by atoms with E-state index < -0.39 is 10.8 Å². The number of carbonyl (C=O) groups excluding carboxylic acids is 1. The van der Waals surface area contributed by atoms with Crippen molar-refractivity contribution in [2.24, 2.45) is 5.73 Å². The molecule has 0 saturated carbocycles. The second-order valence-electron chi connectivity index (χ2n) is 2.62. The van der Waals surface area contributed by atoms with Crippen molar-refractivity contribution in [1.29, 1.82) is 0 Å². The Bertz CT molecular complexity index is 501. The van der Waals surface area contributed by atoms with Crippen LogP contribution < -0.4 is 10.5 Å². The Balaban J connectivity index is 3.18. The van der Waals surface area contributed by atoms with Gasteiger partial charge in [0.05, 0.1) is 17.6 Å². The molecule has 0 aliphatic heterocycles. The Labute approximate surface area is 90.4 Å². The zero-order chi connectivity index (χ0) is 12.1. The van der Waals surface area contributed by atoms with E-state index in [1.807, 2.05) is 0 Å². The molecule has 1 rings (SSSR count). The molecule has 0 saturated heterocycles. The number of methoxy groups -OCH3 is 1. The summed E-state index contributed by atoms with van der Waals surface area (Å²) in [6, 6.07) is 1.15. The fourth-order valence-electron chi connectivity index (χ4n) is 0.931. The van der Waals surface area contributed by atoms with Crippen molar-refractivity contribution in [3.63, 3.8) is 0 Å². The molecule has 1 amide bonds. The second-order valence-corrected chi connectivity index (χ2v) is 2.62. The number of pyridine rings is 1. The van der Waals surface area contributed by atoms with Crippen LogP contribution in [0.5, 0.6) is 5.88 Å². The minimum Gasteiger partial charge on any atom is -0.476 e. The van der Waals surface area contributed by atoms with Gasteiger partial charge in [-0.3, -0.25) is 14.9 Å². The maximum absolute atomic E-state index is 10.6. The highest BCUT2D eigenvalue weighted by molar-refractivity contribution is 5.92. The van der Waals surface area contributed by atoms with Gasteiger partial charge in [0.25, 0.3) is 11.8 Å². The van der Waals surface area contributed by atoms with E-state index in [1.165, 1.54) is 13.3 Å². The first-order valence-corrected chi connectivity index (χ1v) is 4.04. The number of rotatable bonds is 2. The fraction of sp³-hybridized carbons (Fsp3) is 0.111. The molecule has 0 aliphatic rings. The van der Waals surface area contributed by atoms with Gasteiger partial charge in [0, 0.05) is 18.2 Å². The molecular formula is C9H7N3O4. The number of amides is 1. The molecule has 0 bridgehead atoms. The van der Waals surface area contributed by atoms with Gasteiger partial charge < -0.3 is 10.5 Å². The van der Waals surface area contributed by atoms with Crippen LogP contribution in [0.15, 0.2) is 12.3 Å². The lowest BCUT2D eigenvalue weighted by atomic mass is 10.2. The summed E-state index contributed by atoms with van der Waals surface area (Å²) in [6.07, 6.45) is 1.25. The van der Waals surface area contributed by atoms with Crippen LogP contribution in [0.1, 0.15) is 5.56 Å². The van der Waals surface area contributed by atoms with E-state index in [1.54, 1.807) is 0 Å². The van der Waals surface area contributed by atoms with Gasteiger partial charge in [0.1, 0.15) is 0 Å². The molecule has 0 radical (unpaired) electrons. The average Bonchev–Trinajstić information content (AvgIpc) is 2.25. The van der Waals surface area contributed by atoms with Crippen molar-refractivity contribution in [2.45, 2.75) is 0 Å². The molecule has 0 aliphatic carbocycles. The minimum atomic E-state index is -0.821. The van der Waals surface area contributed by atoms with Gasteiger partial charge in [-0.2, -0.15) is 0 Å². The summed E-state index contributed by atoms with van der Waals surface area (Å²) >= 11 is 0. The molecule has 0 unspecified atom stereocenters. The minimum absolute atomic E-state index is 0.116. The highest BCUT2D eigenvalue weighted by Gasteiger charge is 2.16. The number of carbonyl (C=O) groups is 1. The number of nitro groups is 1. The zero-order valence-electron chi connectivity index (χ0n) is 8.26. The summed E-state index contributed by atoms with van der Waals surface area (Å²) in [5.41, 5.74) is 4.70. The second kappa shape index (κ2) is 4.75. The molecule has 7 heteroatoms. The van der Waals surface area contributed by atoms with Gasteiger partial charge in [-0.15, -0.1) is 0 Å². The van der Waals surface area contributed by atoms with E-state index in [4.69, 9.17) is 10.5 Å². The van der Waals surface area contributed by atoms with Gasteiger partial charge in [-0.05, 0) is 0 Å². The molecule has 0 aromatic carbocycles. The Hall–Kier alpha value is -2.62. The van der Waals surface area contributed by atoms with E-state index in [0.29, 0.717) is 0 Å². The summed E-state index contributed by atoms with van der Waals surface area (Å²) in [5.74, 6) is 3.46. The van der Waals surface area contributed by atoms with Crippen molar-refractivity contribution in [2.75, 3.05) is 7.11 Å². The first-order chi connectivity index (χ1) is 7.54. The smallest absolute Gasteiger partial charge is 0.332 e. The molecule has 2 N–H and O–H groups in total. The number of hydrogen-bond acceptors (Lipinski definition) is 5. The standard InChI is InChI=1S/C9H7N3O4/c1-16-9-7(12(14)15)4-6(5-11-9)2-3-8(10)13/h4-5H,1H3,(H2,10,13). The zero-order valence-corrected chi connectivity index (χ0v) is 8.26. The molecule has 0 atom stereocenters. The molecule has 0 fully saturated rings. The summed E-state index contributed by atoms with van der Waals surface area (Å²) in [5, 5.41) is 10.6. The molecule has 0 spiro atoms. The predicted octanol–water partition coefficient (Wildman–Crippen LogP) is -0.165. The lowest BCUT2D eigenvalue weighted by Gasteiger charge is -1.99. The fourth-order valence-corrected chi connectivity index (χ4v) is 0.931. The van der Waals surface area contributed by atoms with E-state index >= 15 is 0 Å². The molecule has 16 heavy (non-hydrogen) atoms. The summed E-state index contributed by atoms with van der Waals surface area (Å²) in [7, 11) is 1.27. The summed E-state index contributed by atoms with van der Waals surface area (Å²) in [6.45, 7) is 0. The first kappa shape index (κ1) is 11.5. The van der Waals surface area contributed by atoms with Crippen LogP contribution >= 0.6 is 0 Å². The van der Waals surface area contributed by atoms with Crippen LogP contribution in [-0.2, 0) is 4.79 Å². The topological polar surface area (TPSA) is 108 Å². The lowest BCUT2D eigenvalue weighted by Crippen LogP contribution is -2.06. The number of nitrogens with zero attached hydrogens (tertiary/aromatic N) is 2. The van der Waals surface area contributed by atoms with Crippen molar-refractivity contribution in [3.05, 3.63) is 27.9 Å². The van der Waals surface area contributed by atoms with Crippen LogP contribution in [0, 0.1) is 22.0 Å². The van der Waals surface area contributed by atoms with Crippen molar-refractivity contribution in [1.82, 2.24) is 4.98 Å². The van der Waals surface area contributed by atoms with Crippen molar-refractivity contribution < 1.29 is 14.5 Å². The number of hydrogen-bond donors (Lipinski definition) is 1. The van der Waals surface area contributed by atoms with E-state index in [9.17, 15) is 14.9 Å². The maximum Gasteiger partial charge on any atom is 0.332 e. The Morgan fingerprint density at radius 3 is 2.88 bits per heavy atom. The highest BCUT2D eigenvalue weighted by Crippen LogP contribution is 2.23. The molecular weight excluding hydrogens is 214 g/mol. The third-order valence-corrected chi connectivity index (χ3v) is 1.55. The van der Waals surface area contributed by atoms with Crippen LogP contribution in [0.25, 0.3) is 0 Å². The molecule has 1 aromatic rings. The summed E-state index contributed by atoms with van der Waals surface area (Å²) in [4.78, 5) is 24.0. The quantitative estimate of drug-likeness (QED) is 0.424. The van der Waals surface area contributed by atoms with Crippen molar-refractivity contribution >= 4 is 11.6 Å². The van der Waals surface area contributed by atoms with Gasteiger partial charge in [0.15, 0.2) is 0 Å². The Morgan fingerprint density at radius 1 is 1.69 bits per heavy atom. The lowest BCUT2D eigenvalue weighted by molar-refractivity contribution is -0.386. The van der Waals surface area contributed by atoms with Crippen molar-refractivity contribution in [3.8, 4) is 17.7 Å². The monoisotopic (exact) mass is 221 g/mol. The number of nitrogens with two attached hydrogens (primary N) is 1. The molecule has 7 nitrogen and oxygen atoms in total. The number of ether oxygens (including phenoxy) is 1. The maximum atomic E-state index is 10.6. The Kier molecular flexibility index (Phi) is 3.40. The SMILES string of the molecule is COc1ncc(C#CC(N)=O)cc1[N+](=O)[O-].